The Morgan fingerprint density at radius 2 is 1.88 bits per heavy atom. The van der Waals surface area contributed by atoms with Crippen LogP contribution in [0, 0.1) is 6.92 Å². The molecule has 1 saturated heterocycles. The van der Waals surface area contributed by atoms with Crippen LogP contribution in [0.1, 0.15) is 35.2 Å². The number of hydrogen-bond acceptors (Lipinski definition) is 5. The molecule has 0 aliphatic carbocycles. The van der Waals surface area contributed by atoms with Gasteiger partial charge in [-0.25, -0.2) is 8.42 Å². The zero-order valence-electron chi connectivity index (χ0n) is 15.0. The number of hydrogen-bond donors (Lipinski definition) is 0. The molecule has 1 amide bonds. The van der Waals surface area contributed by atoms with Crippen LogP contribution in [0.3, 0.4) is 0 Å². The minimum absolute atomic E-state index is 0.228. The molecule has 1 aliphatic rings. The Labute approximate surface area is 153 Å². The smallest absolute Gasteiger partial charge is 0.276 e. The van der Waals surface area contributed by atoms with Crippen LogP contribution in [0.4, 0.5) is 0 Å². The van der Waals surface area contributed by atoms with Crippen molar-refractivity contribution in [2.75, 3.05) is 26.2 Å². The second-order valence-corrected chi connectivity index (χ2v) is 8.31. The van der Waals surface area contributed by atoms with Gasteiger partial charge in [0.1, 0.15) is 5.76 Å². The van der Waals surface area contributed by atoms with E-state index in [0.29, 0.717) is 36.7 Å². The maximum Gasteiger partial charge on any atom is 0.276 e. The lowest BCUT2D eigenvalue weighted by Gasteiger charge is -2.21. The van der Waals surface area contributed by atoms with Crippen LogP contribution >= 0.6 is 0 Å². The van der Waals surface area contributed by atoms with Gasteiger partial charge in [0.15, 0.2) is 5.69 Å². The average Bonchev–Trinajstić information content (AvgIpc) is 2.92. The van der Waals surface area contributed by atoms with Gasteiger partial charge in [-0.3, -0.25) is 4.79 Å². The number of nitrogens with zero attached hydrogens (tertiary/aromatic N) is 3. The number of aryl methyl sites for hydroxylation is 2. The van der Waals surface area contributed by atoms with Crippen molar-refractivity contribution < 1.29 is 17.7 Å². The van der Waals surface area contributed by atoms with Crippen molar-refractivity contribution in [1.29, 1.82) is 0 Å². The van der Waals surface area contributed by atoms with E-state index in [0.717, 1.165) is 12.0 Å². The molecule has 1 aromatic carbocycles. The summed E-state index contributed by atoms with van der Waals surface area (Å²) in [6, 6.07) is 8.58. The van der Waals surface area contributed by atoms with Gasteiger partial charge >= 0.3 is 0 Å². The van der Waals surface area contributed by atoms with E-state index < -0.39 is 10.0 Å². The Balaban J connectivity index is 1.72. The number of carbonyl (C=O) groups is 1. The van der Waals surface area contributed by atoms with E-state index in [-0.39, 0.29) is 18.1 Å². The molecular formula is C18H23N3O4S. The van der Waals surface area contributed by atoms with Crippen molar-refractivity contribution in [3.63, 3.8) is 0 Å². The Bertz CT molecular complexity index is 874. The summed E-state index contributed by atoms with van der Waals surface area (Å²) in [5.74, 6) is 0.344. The third-order valence-corrected chi connectivity index (χ3v) is 6.47. The maximum absolute atomic E-state index is 12.9. The Morgan fingerprint density at radius 1 is 1.15 bits per heavy atom. The molecule has 8 heteroatoms. The first-order valence-electron chi connectivity index (χ1n) is 8.73. The van der Waals surface area contributed by atoms with E-state index in [2.05, 4.69) is 5.16 Å². The summed E-state index contributed by atoms with van der Waals surface area (Å²) in [4.78, 5) is 14.4. The molecule has 140 valence electrons. The van der Waals surface area contributed by atoms with Crippen LogP contribution in [-0.4, -0.2) is 54.9 Å². The highest BCUT2D eigenvalue weighted by Crippen LogP contribution is 2.19. The molecule has 0 spiro atoms. The third-order valence-electron chi connectivity index (χ3n) is 4.56. The van der Waals surface area contributed by atoms with E-state index in [1.165, 1.54) is 4.31 Å². The van der Waals surface area contributed by atoms with Gasteiger partial charge < -0.3 is 9.42 Å². The van der Waals surface area contributed by atoms with Crippen LogP contribution in [0.2, 0.25) is 0 Å². The van der Waals surface area contributed by atoms with E-state index >= 15 is 0 Å². The highest BCUT2D eigenvalue weighted by molar-refractivity contribution is 7.89. The lowest BCUT2D eigenvalue weighted by molar-refractivity contribution is 0.0754. The molecule has 1 aliphatic heterocycles. The average molecular weight is 377 g/mol. The molecule has 0 saturated carbocycles. The van der Waals surface area contributed by atoms with Crippen molar-refractivity contribution in [1.82, 2.24) is 14.4 Å². The Hall–Kier alpha value is -2.19. The van der Waals surface area contributed by atoms with Crippen molar-refractivity contribution in [2.45, 2.75) is 31.6 Å². The fourth-order valence-electron chi connectivity index (χ4n) is 3.01. The van der Waals surface area contributed by atoms with E-state index in [4.69, 9.17) is 4.52 Å². The predicted octanol–water partition coefficient (Wildman–Crippen LogP) is 2.08. The summed E-state index contributed by atoms with van der Waals surface area (Å²) in [5.41, 5.74) is 1.36. The molecule has 0 radical (unpaired) electrons. The number of carbonyl (C=O) groups excluding carboxylic acids is 1. The number of rotatable bonds is 4. The molecule has 26 heavy (non-hydrogen) atoms. The largest absolute Gasteiger partial charge is 0.361 e. The first-order chi connectivity index (χ1) is 12.4. The molecule has 0 atom stereocenters. The highest BCUT2D eigenvalue weighted by Gasteiger charge is 2.29. The number of benzene rings is 1. The normalized spacial score (nSPS) is 16.5. The SMILES string of the molecule is CCc1ccc(S(=O)(=O)N2CCCN(C(=O)c3cc(C)on3)CC2)cc1. The second-order valence-electron chi connectivity index (χ2n) is 6.37. The van der Waals surface area contributed by atoms with Gasteiger partial charge in [-0.1, -0.05) is 24.2 Å². The quantitative estimate of drug-likeness (QED) is 0.815. The van der Waals surface area contributed by atoms with Gasteiger partial charge in [-0.15, -0.1) is 0 Å². The topological polar surface area (TPSA) is 83.7 Å². The lowest BCUT2D eigenvalue weighted by Crippen LogP contribution is -2.37. The standard InChI is InChI=1S/C18H23N3O4S/c1-3-15-5-7-16(8-6-15)26(23,24)21-10-4-9-20(11-12-21)18(22)17-13-14(2)25-19-17/h5-8,13H,3-4,9-12H2,1-2H3. The van der Waals surface area contributed by atoms with E-state index in [9.17, 15) is 13.2 Å². The summed E-state index contributed by atoms with van der Waals surface area (Å²) >= 11 is 0. The van der Waals surface area contributed by atoms with Crippen molar-refractivity contribution in [2.24, 2.45) is 0 Å². The van der Waals surface area contributed by atoms with Crippen LogP contribution in [0.5, 0.6) is 0 Å². The van der Waals surface area contributed by atoms with Crippen LogP contribution in [0.15, 0.2) is 39.8 Å². The zero-order chi connectivity index (χ0) is 18.7. The predicted molar refractivity (Wildman–Crippen MR) is 96.3 cm³/mol. The third kappa shape index (κ3) is 3.81. The van der Waals surface area contributed by atoms with E-state index in [1.807, 2.05) is 19.1 Å². The first kappa shape index (κ1) is 18.6. The molecule has 0 bridgehead atoms. The van der Waals surface area contributed by atoms with Gasteiger partial charge in [0.05, 0.1) is 4.90 Å². The molecule has 1 fully saturated rings. The summed E-state index contributed by atoms with van der Waals surface area (Å²) in [6.07, 6.45) is 1.44. The van der Waals surface area contributed by atoms with Crippen LogP contribution in [-0.2, 0) is 16.4 Å². The van der Waals surface area contributed by atoms with Crippen LogP contribution in [0.25, 0.3) is 0 Å². The molecule has 2 heterocycles. The molecule has 7 nitrogen and oxygen atoms in total. The molecule has 0 unspecified atom stereocenters. The summed E-state index contributed by atoms with van der Waals surface area (Å²) in [6.45, 7) is 5.23. The van der Waals surface area contributed by atoms with Gasteiger partial charge in [-0.05, 0) is 37.5 Å². The molecule has 0 N–H and O–H groups in total. The lowest BCUT2D eigenvalue weighted by atomic mass is 10.2. The van der Waals surface area contributed by atoms with Gasteiger partial charge in [0.25, 0.3) is 5.91 Å². The molecular weight excluding hydrogens is 354 g/mol. The summed E-state index contributed by atoms with van der Waals surface area (Å²) in [7, 11) is -3.56. The monoisotopic (exact) mass is 377 g/mol. The van der Waals surface area contributed by atoms with Gasteiger partial charge in [0.2, 0.25) is 10.0 Å². The minimum Gasteiger partial charge on any atom is -0.361 e. The molecule has 1 aromatic heterocycles. The van der Waals surface area contributed by atoms with Gasteiger partial charge in [0, 0.05) is 32.2 Å². The molecule has 3 rings (SSSR count). The fraction of sp³-hybridized carbons (Fsp3) is 0.444. The second kappa shape index (κ2) is 7.59. The van der Waals surface area contributed by atoms with Gasteiger partial charge in [-0.2, -0.15) is 4.31 Å². The van der Waals surface area contributed by atoms with Crippen molar-refractivity contribution in [3.8, 4) is 0 Å². The fourth-order valence-corrected chi connectivity index (χ4v) is 4.48. The van der Waals surface area contributed by atoms with E-state index in [1.54, 1.807) is 30.0 Å². The first-order valence-corrected chi connectivity index (χ1v) is 10.2. The number of aromatic nitrogens is 1. The highest BCUT2D eigenvalue weighted by atomic mass is 32.2. The molecule has 2 aromatic rings. The summed E-state index contributed by atoms with van der Waals surface area (Å²) < 4.78 is 32.2. The summed E-state index contributed by atoms with van der Waals surface area (Å²) in [5, 5.41) is 3.76. The zero-order valence-corrected chi connectivity index (χ0v) is 15.8. The number of sulfonamides is 1. The Kier molecular flexibility index (Phi) is 5.43. The number of amides is 1. The Morgan fingerprint density at radius 3 is 2.50 bits per heavy atom. The van der Waals surface area contributed by atoms with Crippen LogP contribution < -0.4 is 0 Å². The van der Waals surface area contributed by atoms with Crippen molar-refractivity contribution in [3.05, 3.63) is 47.3 Å². The minimum atomic E-state index is -3.56. The van der Waals surface area contributed by atoms with Crippen molar-refractivity contribution >= 4 is 15.9 Å². The maximum atomic E-state index is 12.9.